The van der Waals surface area contributed by atoms with Gasteiger partial charge in [-0.15, -0.1) is 0 Å². The smallest absolute Gasteiger partial charge is 0.387 e. The van der Waals surface area contributed by atoms with E-state index in [-0.39, 0.29) is 45.7 Å². The van der Waals surface area contributed by atoms with Gasteiger partial charge in [-0.1, -0.05) is 82.2 Å². The molecule has 498 valence electrons. The van der Waals surface area contributed by atoms with Gasteiger partial charge < -0.3 is 19.3 Å². The van der Waals surface area contributed by atoms with Crippen molar-refractivity contribution in [3.8, 4) is 56.5 Å². The number of benzene rings is 6. The Morgan fingerprint density at radius 2 is 0.830 bits per heavy atom. The van der Waals surface area contributed by atoms with E-state index in [0.29, 0.717) is 88.2 Å². The third-order valence-electron chi connectivity index (χ3n) is 14.2. The predicted molar refractivity (Wildman–Crippen MR) is 367 cm³/mol. The van der Waals surface area contributed by atoms with Crippen molar-refractivity contribution in [2.45, 2.75) is 13.2 Å². The lowest BCUT2D eigenvalue weighted by molar-refractivity contribution is -0.0505. The highest BCUT2D eigenvalue weighted by Gasteiger charge is 2.21. The van der Waals surface area contributed by atoms with E-state index in [9.17, 15) is 35.1 Å². The summed E-state index contributed by atoms with van der Waals surface area (Å²) < 4.78 is 119. The van der Waals surface area contributed by atoms with Crippen molar-refractivity contribution in [1.29, 1.82) is 0 Å². The van der Waals surface area contributed by atoms with E-state index < -0.39 is 13.2 Å². The second kappa shape index (κ2) is 30.6. The van der Waals surface area contributed by atoms with Crippen molar-refractivity contribution >= 4 is 124 Å². The molecule has 16 rings (SSSR count). The molecular formula is C69H39BrCl4F8N16O2. The van der Waals surface area contributed by atoms with Crippen molar-refractivity contribution in [3.63, 3.8) is 0 Å². The van der Waals surface area contributed by atoms with Crippen molar-refractivity contribution in [2.75, 3.05) is 0 Å². The minimum absolute atomic E-state index is 0.0147. The number of nitrogens with one attached hydrogen (secondary N) is 1. The van der Waals surface area contributed by atoms with E-state index in [4.69, 9.17) is 53.0 Å². The summed E-state index contributed by atoms with van der Waals surface area (Å²) in [4.78, 5) is 48.3. The third-order valence-corrected chi connectivity index (χ3v) is 15.5. The molecular weight excluding hydrogens is 1460 g/mol. The number of nitrogens with zero attached hydrogens (tertiary/aromatic N) is 15. The number of aromatic amines is 1. The van der Waals surface area contributed by atoms with Gasteiger partial charge in [0, 0.05) is 64.9 Å². The van der Waals surface area contributed by atoms with Crippen molar-refractivity contribution in [3.05, 3.63) is 279 Å². The van der Waals surface area contributed by atoms with Crippen LogP contribution in [0.5, 0.6) is 11.5 Å². The van der Waals surface area contributed by atoms with Crippen LogP contribution in [0, 0.1) is 29.8 Å². The largest absolute Gasteiger partial charge is 0.435 e. The van der Waals surface area contributed by atoms with Crippen molar-refractivity contribution < 1.29 is 44.6 Å². The fraction of sp³-hybridized carbons (Fsp3) is 0.0290. The van der Waals surface area contributed by atoms with Crippen LogP contribution in [-0.4, -0.2) is 86.3 Å². The van der Waals surface area contributed by atoms with E-state index in [1.807, 2.05) is 29.1 Å². The summed E-state index contributed by atoms with van der Waals surface area (Å²) in [5.41, 5.74) is 11.5. The number of halogens is 13. The average molecular weight is 1500 g/mol. The predicted octanol–water partition coefficient (Wildman–Crippen LogP) is 19.7. The zero-order chi connectivity index (χ0) is 70.1. The van der Waals surface area contributed by atoms with Crippen LogP contribution in [0.1, 0.15) is 0 Å². The summed E-state index contributed by atoms with van der Waals surface area (Å²) in [5.74, 6) is -1.14. The summed E-state index contributed by atoms with van der Waals surface area (Å²) in [6, 6.07) is 40.1. The third kappa shape index (κ3) is 16.1. The number of rotatable bonds is 10. The van der Waals surface area contributed by atoms with E-state index in [1.54, 1.807) is 105 Å². The van der Waals surface area contributed by atoms with E-state index in [2.05, 4.69) is 85.1 Å². The molecule has 0 fully saturated rings. The summed E-state index contributed by atoms with van der Waals surface area (Å²) in [6.07, 6.45) is 16.2. The van der Waals surface area contributed by atoms with Crippen molar-refractivity contribution in [2.24, 2.45) is 0 Å². The molecule has 0 amide bonds. The lowest BCUT2D eigenvalue weighted by atomic mass is 10.1. The maximum Gasteiger partial charge on any atom is 0.387 e. The highest BCUT2D eigenvalue weighted by Crippen LogP contribution is 2.36. The summed E-state index contributed by atoms with van der Waals surface area (Å²) in [6.45, 7) is 1.31. The second-order valence-electron chi connectivity index (χ2n) is 20.6. The van der Waals surface area contributed by atoms with E-state index in [0.717, 1.165) is 32.5 Å². The van der Waals surface area contributed by atoms with Gasteiger partial charge >= 0.3 is 13.2 Å². The second-order valence-corrected chi connectivity index (χ2v) is 23.0. The van der Waals surface area contributed by atoms with Crippen LogP contribution >= 0.6 is 62.3 Å². The monoisotopic (exact) mass is 1490 g/mol. The Morgan fingerprint density at radius 1 is 0.430 bits per heavy atom. The van der Waals surface area contributed by atoms with Crippen LogP contribution in [-0.2, 0) is 0 Å². The molecule has 0 bridgehead atoms. The van der Waals surface area contributed by atoms with Gasteiger partial charge in [0.15, 0.2) is 22.6 Å². The summed E-state index contributed by atoms with van der Waals surface area (Å²) in [5, 5.41) is 1.26. The molecule has 0 saturated carbocycles. The van der Waals surface area contributed by atoms with Crippen LogP contribution in [0.15, 0.2) is 224 Å². The topological polar surface area (TPSA) is 187 Å². The Kier molecular flexibility index (Phi) is 20.9. The molecule has 0 aliphatic heterocycles. The fourth-order valence-corrected chi connectivity index (χ4v) is 10.9. The van der Waals surface area contributed by atoms with Crippen LogP contribution < -0.4 is 9.47 Å². The molecule has 16 aromatic rings. The number of aromatic nitrogens is 15. The molecule has 18 nitrogen and oxygen atoms in total. The molecule has 10 heterocycles. The maximum absolute atomic E-state index is 13.3. The van der Waals surface area contributed by atoms with E-state index in [1.165, 1.54) is 104 Å². The Morgan fingerprint density at radius 3 is 1.31 bits per heavy atom. The zero-order valence-electron chi connectivity index (χ0n) is 50.4. The zero-order valence-corrected chi connectivity index (χ0v) is 55.0. The number of alkyl halides is 4. The van der Waals surface area contributed by atoms with Gasteiger partial charge in [0.05, 0.1) is 35.5 Å². The number of hydrogen-bond donors (Lipinski definition) is 1. The molecule has 0 unspecified atom stereocenters. The lowest BCUT2D eigenvalue weighted by Crippen LogP contribution is -2.01. The fourth-order valence-electron chi connectivity index (χ4n) is 9.92. The summed E-state index contributed by atoms with van der Waals surface area (Å²) in [7, 11) is 0. The lowest BCUT2D eigenvalue weighted by Gasteiger charge is -2.06. The minimum Gasteiger partial charge on any atom is -0.435 e. The highest BCUT2D eigenvalue weighted by atomic mass is 79.9. The molecule has 10 aromatic heterocycles. The first-order chi connectivity index (χ1) is 48.3. The Balaban J connectivity index is 0.000000123. The normalized spacial score (nSPS) is 11.0. The standard InChI is InChI=1S/C20H11F3N4O.C19H11ClF3N3O.C12H6BrClFN3.C12H7ClFN3.C6H4ClN3/c1-24-17-10-25-18-16(12-3-2-4-15(9-12)28-20(22)23)11-27(19(18)26-17)14-7-5-13(21)6-8-14;20-16-9-24-17-15(11-2-1-3-14(8-11)27-19(22)23)10-26(18(17)25-16)13-6-4-12(21)5-7-13;13-9-6-18(8-3-1-7(15)2-4-8)12-11(9)16-5-10(14)17-12;13-11-7-15-10-5-6-17(12(10)16-11)9-3-1-8(14)2-4-9;7-5-3-9-4-1-2-8-6(4)10-5/h2-11,20H;1-10,19H;1-6H;1-7H;1-3H,(H,8,10). The maximum atomic E-state index is 13.3. The molecule has 0 aliphatic carbocycles. The molecule has 0 radical (unpaired) electrons. The first kappa shape index (κ1) is 68.5. The van der Waals surface area contributed by atoms with Crippen molar-refractivity contribution in [1.82, 2.24) is 73.1 Å². The molecule has 0 aliphatic rings. The SMILES string of the molecule is Clc1cnc2cc[nH]c2n1.Fc1ccc(-n2cc(-c3cccc(OC(F)F)c3)c3ncc(Cl)nc32)cc1.Fc1ccc(-n2cc(Br)c3ncc(Cl)nc32)cc1.Fc1ccc(-n2ccc3ncc(Cl)nc32)cc1.[C-]#[N+]c1cnc2c(-c3cccc(OC(F)F)c3)cn(-c3ccc(F)cc3)c2n1. The molecule has 100 heavy (non-hydrogen) atoms. The van der Waals surface area contributed by atoms with Crippen LogP contribution in [0.4, 0.5) is 40.9 Å². The first-order valence-electron chi connectivity index (χ1n) is 28.9. The average Bonchev–Trinajstić information content (AvgIpc) is 1.62. The number of H-pyrrole nitrogens is 1. The Hall–Kier alpha value is -11.4. The minimum atomic E-state index is -2.93. The Bertz CT molecular complexity index is 5630. The highest BCUT2D eigenvalue weighted by molar-refractivity contribution is 9.10. The number of fused-ring (bicyclic) bond motifs is 5. The van der Waals surface area contributed by atoms with Crippen LogP contribution in [0.25, 0.3) is 106 Å². The van der Waals surface area contributed by atoms with E-state index >= 15 is 0 Å². The molecule has 0 saturated heterocycles. The molecule has 1 N–H and O–H groups in total. The quantitative estimate of drug-likeness (QED) is 0.101. The molecule has 31 heteroatoms. The van der Waals surface area contributed by atoms with Gasteiger partial charge in [-0.25, -0.2) is 57.4 Å². The number of ether oxygens (including phenoxy) is 2. The summed E-state index contributed by atoms with van der Waals surface area (Å²) >= 11 is 26.6. The van der Waals surface area contributed by atoms with Crippen LogP contribution in [0.2, 0.25) is 20.6 Å². The van der Waals surface area contributed by atoms with Gasteiger partial charge in [0.25, 0.3) is 11.5 Å². The van der Waals surface area contributed by atoms with Gasteiger partial charge in [0.1, 0.15) is 83.0 Å². The molecule has 0 spiro atoms. The first-order valence-corrected chi connectivity index (χ1v) is 31.2. The van der Waals surface area contributed by atoms with Gasteiger partial charge in [0.2, 0.25) is 0 Å². The van der Waals surface area contributed by atoms with Gasteiger partial charge in [-0.3, -0.25) is 23.3 Å². The number of hydrogen-bond acceptors (Lipinski definition) is 12. The Labute approximate surface area is 587 Å². The van der Waals surface area contributed by atoms with Gasteiger partial charge in [-0.2, -0.15) is 17.6 Å². The van der Waals surface area contributed by atoms with Crippen LogP contribution in [0.3, 0.4) is 0 Å². The van der Waals surface area contributed by atoms with Gasteiger partial charge in [-0.05, 0) is 161 Å². The molecule has 6 aromatic carbocycles. The molecule has 0 atom stereocenters.